The molecule has 0 spiro atoms. The van der Waals surface area contributed by atoms with Gasteiger partial charge in [0.25, 0.3) is 5.91 Å². The highest BCUT2D eigenvalue weighted by Gasteiger charge is 2.15. The average molecular weight is 307 g/mol. The fourth-order valence-corrected chi connectivity index (χ4v) is 2.12. The molecule has 2 aromatic carbocycles. The Kier molecular flexibility index (Phi) is 3.97. The van der Waals surface area contributed by atoms with Gasteiger partial charge in [-0.25, -0.2) is 0 Å². The number of hydrogen-bond acceptors (Lipinski definition) is 4. The maximum Gasteiger partial charge on any atom is 0.255 e. The maximum absolute atomic E-state index is 12.3. The van der Waals surface area contributed by atoms with Crippen LogP contribution in [0.25, 0.3) is 0 Å². The zero-order chi connectivity index (χ0) is 16.2. The molecule has 0 unspecified atom stereocenters. The summed E-state index contributed by atoms with van der Waals surface area (Å²) in [5.74, 6) is 0.521. The van der Waals surface area contributed by atoms with E-state index in [0.717, 1.165) is 11.3 Å². The van der Waals surface area contributed by atoms with Gasteiger partial charge in [0.1, 0.15) is 11.5 Å². The van der Waals surface area contributed by atoms with Crippen LogP contribution in [0.15, 0.2) is 54.6 Å². The molecule has 0 radical (unpaired) electrons. The number of nitrogens with two attached hydrogens (primary N) is 1. The van der Waals surface area contributed by atoms with E-state index in [1.165, 1.54) is 0 Å². The van der Waals surface area contributed by atoms with Crippen molar-refractivity contribution in [1.29, 1.82) is 0 Å². The number of H-pyrrole nitrogens is 1. The molecule has 0 atom stereocenters. The van der Waals surface area contributed by atoms with Crippen molar-refractivity contribution in [2.24, 2.45) is 0 Å². The Labute approximate surface area is 133 Å². The summed E-state index contributed by atoms with van der Waals surface area (Å²) < 4.78 is 0. The molecule has 23 heavy (non-hydrogen) atoms. The number of nitrogens with zero attached hydrogens (tertiary/aromatic N) is 1. The topological polar surface area (TPSA) is 95.8 Å². The summed E-state index contributed by atoms with van der Waals surface area (Å²) in [5.41, 5.74) is 8.81. The minimum absolute atomic E-state index is 0.241. The highest BCUT2D eigenvalue weighted by atomic mass is 16.1. The molecule has 6 heteroatoms. The lowest BCUT2D eigenvalue weighted by atomic mass is 10.1. The maximum atomic E-state index is 12.3. The van der Waals surface area contributed by atoms with E-state index in [1.54, 1.807) is 12.1 Å². The van der Waals surface area contributed by atoms with Gasteiger partial charge in [-0.1, -0.05) is 35.9 Å². The van der Waals surface area contributed by atoms with Crippen LogP contribution in [-0.2, 0) is 0 Å². The number of anilines is 4. The normalized spacial score (nSPS) is 10.3. The summed E-state index contributed by atoms with van der Waals surface area (Å²) in [5, 5.41) is 12.7. The number of amides is 1. The van der Waals surface area contributed by atoms with Crippen molar-refractivity contribution >= 4 is 28.9 Å². The third kappa shape index (κ3) is 3.32. The second-order valence-electron chi connectivity index (χ2n) is 5.17. The molecular formula is C17H17N5O. The second-order valence-corrected chi connectivity index (χ2v) is 5.17. The van der Waals surface area contributed by atoms with E-state index in [1.807, 2.05) is 49.4 Å². The Morgan fingerprint density at radius 2 is 1.78 bits per heavy atom. The van der Waals surface area contributed by atoms with E-state index in [-0.39, 0.29) is 5.91 Å². The predicted octanol–water partition coefficient (Wildman–Crippen LogP) is 3.30. The smallest absolute Gasteiger partial charge is 0.255 e. The van der Waals surface area contributed by atoms with Crippen LogP contribution < -0.4 is 16.4 Å². The van der Waals surface area contributed by atoms with Gasteiger partial charge >= 0.3 is 0 Å². The van der Waals surface area contributed by atoms with E-state index >= 15 is 0 Å². The van der Waals surface area contributed by atoms with Crippen LogP contribution >= 0.6 is 0 Å². The van der Waals surface area contributed by atoms with Crippen LogP contribution in [-0.4, -0.2) is 16.1 Å². The Hall–Kier alpha value is -3.28. The molecule has 0 bridgehead atoms. The van der Waals surface area contributed by atoms with Crippen LogP contribution in [0.4, 0.5) is 23.0 Å². The van der Waals surface area contributed by atoms with Gasteiger partial charge < -0.3 is 16.4 Å². The van der Waals surface area contributed by atoms with Crippen LogP contribution in [0.2, 0.25) is 0 Å². The van der Waals surface area contributed by atoms with Gasteiger partial charge in [-0.15, -0.1) is 0 Å². The van der Waals surface area contributed by atoms with Crippen LogP contribution in [0.1, 0.15) is 15.9 Å². The predicted molar refractivity (Wildman–Crippen MR) is 91.9 cm³/mol. The van der Waals surface area contributed by atoms with Gasteiger partial charge in [0.15, 0.2) is 5.82 Å². The summed E-state index contributed by atoms with van der Waals surface area (Å²) in [6, 6.07) is 16.8. The first kappa shape index (κ1) is 14.6. The minimum Gasteiger partial charge on any atom is -0.382 e. The molecular weight excluding hydrogens is 290 g/mol. The third-order valence-electron chi connectivity index (χ3n) is 3.38. The molecule has 0 aliphatic carbocycles. The number of hydrogen-bond donors (Lipinski definition) is 4. The number of aryl methyl sites for hydroxylation is 1. The summed E-state index contributed by atoms with van der Waals surface area (Å²) in [7, 11) is 0. The molecule has 0 saturated carbocycles. The van der Waals surface area contributed by atoms with Crippen molar-refractivity contribution in [1.82, 2.24) is 10.2 Å². The van der Waals surface area contributed by atoms with Gasteiger partial charge in [-0.3, -0.25) is 9.89 Å². The zero-order valence-corrected chi connectivity index (χ0v) is 12.6. The fourth-order valence-electron chi connectivity index (χ4n) is 2.12. The number of carbonyl (C=O) groups excluding carboxylic acids is 1. The quantitative estimate of drug-likeness (QED) is 0.594. The number of aromatic amines is 1. The third-order valence-corrected chi connectivity index (χ3v) is 3.38. The van der Waals surface area contributed by atoms with E-state index in [9.17, 15) is 4.79 Å². The van der Waals surface area contributed by atoms with Crippen molar-refractivity contribution in [2.45, 2.75) is 6.92 Å². The molecule has 5 N–H and O–H groups in total. The molecule has 0 aliphatic heterocycles. The van der Waals surface area contributed by atoms with Crippen molar-refractivity contribution in [3.8, 4) is 0 Å². The number of aromatic nitrogens is 2. The summed E-state index contributed by atoms with van der Waals surface area (Å²) >= 11 is 0. The number of benzene rings is 2. The van der Waals surface area contributed by atoms with E-state index < -0.39 is 0 Å². The highest BCUT2D eigenvalue weighted by molar-refractivity contribution is 6.07. The number of nitrogen functional groups attached to an aromatic ring is 1. The molecule has 1 aromatic heterocycles. The number of carbonyl (C=O) groups is 1. The molecule has 0 saturated heterocycles. The lowest BCUT2D eigenvalue weighted by Crippen LogP contribution is -2.13. The molecule has 1 amide bonds. The van der Waals surface area contributed by atoms with Gasteiger partial charge in [-0.05, 0) is 31.2 Å². The Morgan fingerprint density at radius 1 is 1.09 bits per heavy atom. The van der Waals surface area contributed by atoms with Crippen LogP contribution in [0.5, 0.6) is 0 Å². The molecule has 0 aliphatic rings. The van der Waals surface area contributed by atoms with Gasteiger partial charge in [0.2, 0.25) is 0 Å². The molecule has 0 fully saturated rings. The minimum atomic E-state index is -0.241. The SMILES string of the molecule is Cc1ccc(C(=O)Nc2c(Nc3ccccc3)n[nH]c2N)cc1. The summed E-state index contributed by atoms with van der Waals surface area (Å²) in [6.45, 7) is 1.97. The van der Waals surface area contributed by atoms with Crippen LogP contribution in [0, 0.1) is 6.92 Å². The number of nitrogens with one attached hydrogen (secondary N) is 3. The first-order valence-electron chi connectivity index (χ1n) is 7.17. The van der Waals surface area contributed by atoms with Gasteiger partial charge in [0, 0.05) is 11.3 Å². The second kappa shape index (κ2) is 6.23. The monoisotopic (exact) mass is 307 g/mol. The molecule has 1 heterocycles. The Morgan fingerprint density at radius 3 is 2.48 bits per heavy atom. The van der Waals surface area contributed by atoms with Crippen molar-refractivity contribution in [2.75, 3.05) is 16.4 Å². The van der Waals surface area contributed by atoms with Gasteiger partial charge in [0.05, 0.1) is 0 Å². The fraction of sp³-hybridized carbons (Fsp3) is 0.0588. The lowest BCUT2D eigenvalue weighted by molar-refractivity contribution is 0.102. The molecule has 3 rings (SSSR count). The Balaban J connectivity index is 1.81. The summed E-state index contributed by atoms with van der Waals surface area (Å²) in [4.78, 5) is 12.3. The van der Waals surface area contributed by atoms with Gasteiger partial charge in [-0.2, -0.15) is 5.10 Å². The first-order valence-corrected chi connectivity index (χ1v) is 7.17. The van der Waals surface area contributed by atoms with E-state index in [2.05, 4.69) is 20.8 Å². The molecule has 6 nitrogen and oxygen atoms in total. The zero-order valence-electron chi connectivity index (χ0n) is 12.6. The van der Waals surface area contributed by atoms with Crippen molar-refractivity contribution in [3.05, 3.63) is 65.7 Å². The van der Waals surface area contributed by atoms with E-state index in [0.29, 0.717) is 22.9 Å². The van der Waals surface area contributed by atoms with Crippen molar-refractivity contribution < 1.29 is 4.79 Å². The first-order chi connectivity index (χ1) is 11.1. The summed E-state index contributed by atoms with van der Waals surface area (Å²) in [6.07, 6.45) is 0. The molecule has 3 aromatic rings. The number of rotatable bonds is 4. The van der Waals surface area contributed by atoms with Crippen molar-refractivity contribution in [3.63, 3.8) is 0 Å². The standard InChI is InChI=1S/C17H17N5O/c1-11-7-9-12(10-8-11)17(23)20-14-15(18)21-22-16(14)19-13-5-3-2-4-6-13/h2-10H,1H3,(H,20,23)(H4,18,19,21,22). The number of para-hydroxylation sites is 1. The highest BCUT2D eigenvalue weighted by Crippen LogP contribution is 2.28. The largest absolute Gasteiger partial charge is 0.382 e. The van der Waals surface area contributed by atoms with Crippen LogP contribution in [0.3, 0.4) is 0 Å². The average Bonchev–Trinajstić information content (AvgIpc) is 2.89. The molecule has 116 valence electrons. The van der Waals surface area contributed by atoms with E-state index in [4.69, 9.17) is 5.73 Å². The Bertz CT molecular complexity index is 809. The lowest BCUT2D eigenvalue weighted by Gasteiger charge is -2.08.